The Morgan fingerprint density at radius 3 is 2.68 bits per heavy atom. The van der Waals surface area contributed by atoms with Crippen molar-refractivity contribution in [3.63, 3.8) is 0 Å². The zero-order chi connectivity index (χ0) is 14.0. The summed E-state index contributed by atoms with van der Waals surface area (Å²) in [6.07, 6.45) is 0. The highest BCUT2D eigenvalue weighted by Gasteiger charge is 2.12. The number of carbonyl (C=O) groups is 1. The van der Waals surface area contributed by atoms with E-state index in [1.807, 2.05) is 19.9 Å². The normalized spacial score (nSPS) is 10.5. The molecule has 5 nitrogen and oxygen atoms in total. The number of nitrogens with zero attached hydrogens (tertiary/aromatic N) is 2. The Labute approximate surface area is 112 Å². The van der Waals surface area contributed by atoms with Gasteiger partial charge < -0.3 is 10.5 Å². The van der Waals surface area contributed by atoms with Crippen LogP contribution in [0.4, 0.5) is 5.69 Å². The van der Waals surface area contributed by atoms with Crippen molar-refractivity contribution in [2.45, 2.75) is 20.8 Å². The Balaban J connectivity index is 2.48. The van der Waals surface area contributed by atoms with Crippen LogP contribution < -0.4 is 5.73 Å². The lowest BCUT2D eigenvalue weighted by Crippen LogP contribution is -2.08. The van der Waals surface area contributed by atoms with Crippen LogP contribution in [0, 0.1) is 13.8 Å². The molecule has 1 aromatic carbocycles. The third kappa shape index (κ3) is 2.59. The topological polar surface area (TPSA) is 70.1 Å². The van der Waals surface area contributed by atoms with Crippen molar-refractivity contribution in [3.8, 4) is 5.69 Å². The van der Waals surface area contributed by atoms with Gasteiger partial charge in [0.15, 0.2) is 0 Å². The molecule has 5 heteroatoms. The van der Waals surface area contributed by atoms with Crippen LogP contribution in [0.2, 0.25) is 0 Å². The van der Waals surface area contributed by atoms with E-state index < -0.39 is 0 Å². The fraction of sp³-hybridized carbons (Fsp3) is 0.286. The monoisotopic (exact) mass is 259 g/mol. The number of hydrogen-bond donors (Lipinski definition) is 1. The Morgan fingerprint density at radius 1 is 1.37 bits per heavy atom. The highest BCUT2D eigenvalue weighted by molar-refractivity contribution is 5.91. The second-order valence-electron chi connectivity index (χ2n) is 4.33. The standard InChI is InChI=1S/C14H17N3O2/c1-4-19-14(18)11-5-6-12(15)13(8-11)17-10(3)7-9(2)16-17/h5-8H,4,15H2,1-3H3. The molecule has 0 radical (unpaired) electrons. The summed E-state index contributed by atoms with van der Waals surface area (Å²) >= 11 is 0. The number of rotatable bonds is 3. The molecule has 0 bridgehead atoms. The van der Waals surface area contributed by atoms with Crippen molar-refractivity contribution in [1.82, 2.24) is 9.78 Å². The molecule has 0 amide bonds. The number of benzene rings is 1. The smallest absolute Gasteiger partial charge is 0.338 e. The molecule has 0 saturated carbocycles. The third-order valence-electron chi connectivity index (χ3n) is 2.78. The van der Waals surface area contributed by atoms with Crippen LogP contribution in [-0.2, 0) is 4.74 Å². The highest BCUT2D eigenvalue weighted by Crippen LogP contribution is 2.21. The fourth-order valence-corrected chi connectivity index (χ4v) is 1.94. The number of ether oxygens (including phenoxy) is 1. The van der Waals surface area contributed by atoms with Gasteiger partial charge in [-0.05, 0) is 45.0 Å². The minimum absolute atomic E-state index is 0.346. The van der Waals surface area contributed by atoms with Crippen molar-refractivity contribution in [2.24, 2.45) is 0 Å². The van der Waals surface area contributed by atoms with Gasteiger partial charge in [0.2, 0.25) is 0 Å². The Hall–Kier alpha value is -2.30. The zero-order valence-corrected chi connectivity index (χ0v) is 11.3. The van der Waals surface area contributed by atoms with Crippen molar-refractivity contribution in [2.75, 3.05) is 12.3 Å². The number of hydrogen-bond acceptors (Lipinski definition) is 4. The van der Waals surface area contributed by atoms with E-state index in [1.54, 1.807) is 29.8 Å². The van der Waals surface area contributed by atoms with Crippen LogP contribution in [0.15, 0.2) is 24.3 Å². The molecule has 19 heavy (non-hydrogen) atoms. The van der Waals surface area contributed by atoms with Crippen LogP contribution in [0.1, 0.15) is 28.7 Å². The van der Waals surface area contributed by atoms with Crippen LogP contribution >= 0.6 is 0 Å². The molecule has 0 atom stereocenters. The van der Waals surface area contributed by atoms with Crippen LogP contribution in [0.3, 0.4) is 0 Å². The quantitative estimate of drug-likeness (QED) is 0.678. The molecular weight excluding hydrogens is 242 g/mol. The summed E-state index contributed by atoms with van der Waals surface area (Å²) in [5.74, 6) is -0.356. The number of aryl methyl sites for hydroxylation is 2. The maximum atomic E-state index is 11.7. The van der Waals surface area contributed by atoms with E-state index in [2.05, 4.69) is 5.10 Å². The Morgan fingerprint density at radius 2 is 2.11 bits per heavy atom. The third-order valence-corrected chi connectivity index (χ3v) is 2.78. The molecule has 0 aliphatic heterocycles. The molecule has 0 saturated heterocycles. The Kier molecular flexibility index (Phi) is 3.55. The summed E-state index contributed by atoms with van der Waals surface area (Å²) < 4.78 is 6.71. The second kappa shape index (κ2) is 5.14. The molecule has 0 fully saturated rings. The van der Waals surface area contributed by atoms with E-state index in [-0.39, 0.29) is 5.97 Å². The minimum atomic E-state index is -0.356. The number of carbonyl (C=O) groups excluding carboxylic acids is 1. The number of aromatic nitrogens is 2. The maximum Gasteiger partial charge on any atom is 0.338 e. The van der Waals surface area contributed by atoms with Crippen LogP contribution in [0.25, 0.3) is 5.69 Å². The SMILES string of the molecule is CCOC(=O)c1ccc(N)c(-n2nc(C)cc2C)c1. The summed E-state index contributed by atoms with van der Waals surface area (Å²) in [5.41, 5.74) is 9.56. The lowest BCUT2D eigenvalue weighted by Gasteiger charge is -2.10. The van der Waals surface area contributed by atoms with Gasteiger partial charge >= 0.3 is 5.97 Å². The molecule has 0 unspecified atom stereocenters. The maximum absolute atomic E-state index is 11.7. The molecule has 2 N–H and O–H groups in total. The van der Waals surface area contributed by atoms with Gasteiger partial charge in [-0.15, -0.1) is 0 Å². The molecule has 1 aromatic heterocycles. The molecule has 0 aliphatic carbocycles. The fourth-order valence-electron chi connectivity index (χ4n) is 1.94. The van der Waals surface area contributed by atoms with Gasteiger partial charge in [-0.1, -0.05) is 0 Å². The summed E-state index contributed by atoms with van der Waals surface area (Å²) in [6.45, 7) is 5.97. The van der Waals surface area contributed by atoms with Crippen molar-refractivity contribution >= 4 is 11.7 Å². The van der Waals surface area contributed by atoms with E-state index in [1.165, 1.54) is 0 Å². The molecule has 2 aromatic rings. The summed E-state index contributed by atoms with van der Waals surface area (Å²) in [6, 6.07) is 7.00. The van der Waals surface area contributed by atoms with Gasteiger partial charge in [0, 0.05) is 5.69 Å². The summed E-state index contributed by atoms with van der Waals surface area (Å²) in [7, 11) is 0. The van der Waals surface area contributed by atoms with Gasteiger partial charge in [0.25, 0.3) is 0 Å². The van der Waals surface area contributed by atoms with Crippen molar-refractivity contribution in [1.29, 1.82) is 0 Å². The molecule has 1 heterocycles. The molecule has 0 spiro atoms. The lowest BCUT2D eigenvalue weighted by atomic mass is 10.1. The van der Waals surface area contributed by atoms with E-state index in [4.69, 9.17) is 10.5 Å². The largest absolute Gasteiger partial charge is 0.462 e. The van der Waals surface area contributed by atoms with E-state index in [0.29, 0.717) is 23.5 Å². The van der Waals surface area contributed by atoms with Gasteiger partial charge in [-0.2, -0.15) is 5.10 Å². The van der Waals surface area contributed by atoms with Crippen molar-refractivity contribution < 1.29 is 9.53 Å². The summed E-state index contributed by atoms with van der Waals surface area (Å²) in [4.78, 5) is 11.7. The molecule has 2 rings (SSSR count). The molecule has 100 valence electrons. The molecular formula is C14H17N3O2. The van der Waals surface area contributed by atoms with Gasteiger partial charge in [-0.3, -0.25) is 0 Å². The second-order valence-corrected chi connectivity index (χ2v) is 4.33. The average molecular weight is 259 g/mol. The van der Waals surface area contributed by atoms with Gasteiger partial charge in [0.05, 0.1) is 29.2 Å². The van der Waals surface area contributed by atoms with Gasteiger partial charge in [0.1, 0.15) is 0 Å². The van der Waals surface area contributed by atoms with Crippen molar-refractivity contribution in [3.05, 3.63) is 41.2 Å². The lowest BCUT2D eigenvalue weighted by molar-refractivity contribution is 0.0526. The Bertz CT molecular complexity index is 617. The number of esters is 1. The number of nitrogens with two attached hydrogens (primary N) is 1. The van der Waals surface area contributed by atoms with E-state index >= 15 is 0 Å². The first-order valence-corrected chi connectivity index (χ1v) is 6.13. The average Bonchev–Trinajstić information content (AvgIpc) is 2.69. The van der Waals surface area contributed by atoms with E-state index in [9.17, 15) is 4.79 Å². The predicted octanol–water partition coefficient (Wildman–Crippen LogP) is 2.25. The predicted molar refractivity (Wildman–Crippen MR) is 73.4 cm³/mol. The van der Waals surface area contributed by atoms with Crippen LogP contribution in [-0.4, -0.2) is 22.4 Å². The molecule has 0 aliphatic rings. The number of nitrogen functional groups attached to an aromatic ring is 1. The first kappa shape index (κ1) is 13.1. The van der Waals surface area contributed by atoms with Gasteiger partial charge in [-0.25, -0.2) is 9.48 Å². The number of anilines is 1. The minimum Gasteiger partial charge on any atom is -0.462 e. The zero-order valence-electron chi connectivity index (χ0n) is 11.3. The summed E-state index contributed by atoms with van der Waals surface area (Å²) in [5, 5.41) is 4.37. The first-order valence-electron chi connectivity index (χ1n) is 6.13. The van der Waals surface area contributed by atoms with Crippen LogP contribution in [0.5, 0.6) is 0 Å². The first-order chi connectivity index (χ1) is 9.02. The van der Waals surface area contributed by atoms with E-state index in [0.717, 1.165) is 11.4 Å². The highest BCUT2D eigenvalue weighted by atomic mass is 16.5.